The summed E-state index contributed by atoms with van der Waals surface area (Å²) in [5.74, 6) is 1.39. The molecule has 28 heavy (non-hydrogen) atoms. The summed E-state index contributed by atoms with van der Waals surface area (Å²) in [6.45, 7) is 7.05. The minimum Gasteiger partial charge on any atom is -0.494 e. The van der Waals surface area contributed by atoms with E-state index in [-0.39, 0.29) is 11.7 Å². The Balaban J connectivity index is 1.37. The van der Waals surface area contributed by atoms with Crippen molar-refractivity contribution in [1.29, 1.82) is 0 Å². The fourth-order valence-corrected chi connectivity index (χ4v) is 3.20. The van der Waals surface area contributed by atoms with Crippen LogP contribution in [0.4, 0.5) is 4.39 Å². The van der Waals surface area contributed by atoms with Crippen molar-refractivity contribution < 1.29 is 18.7 Å². The van der Waals surface area contributed by atoms with Gasteiger partial charge >= 0.3 is 0 Å². The number of carbonyl (C=O) groups is 1. The molecule has 3 rings (SSSR count). The van der Waals surface area contributed by atoms with Gasteiger partial charge in [-0.3, -0.25) is 9.69 Å². The van der Waals surface area contributed by atoms with Crippen LogP contribution in [0.3, 0.4) is 0 Å². The molecule has 6 heteroatoms. The van der Waals surface area contributed by atoms with Gasteiger partial charge in [0.05, 0.1) is 13.0 Å². The third-order valence-corrected chi connectivity index (χ3v) is 4.80. The van der Waals surface area contributed by atoms with Crippen LogP contribution in [-0.2, 0) is 11.2 Å². The molecule has 0 bridgehead atoms. The highest BCUT2D eigenvalue weighted by Crippen LogP contribution is 2.14. The summed E-state index contributed by atoms with van der Waals surface area (Å²) in [5, 5.41) is 0. The van der Waals surface area contributed by atoms with E-state index in [4.69, 9.17) is 9.47 Å². The van der Waals surface area contributed by atoms with Gasteiger partial charge in [0.1, 0.15) is 23.9 Å². The van der Waals surface area contributed by atoms with Crippen molar-refractivity contribution in [3.05, 3.63) is 59.9 Å². The molecule has 1 aliphatic heterocycles. The lowest BCUT2D eigenvalue weighted by atomic mass is 10.1. The highest BCUT2D eigenvalue weighted by molar-refractivity contribution is 5.79. The zero-order valence-electron chi connectivity index (χ0n) is 16.3. The lowest BCUT2D eigenvalue weighted by Crippen LogP contribution is -2.49. The number of piperazine rings is 1. The molecule has 1 amide bonds. The van der Waals surface area contributed by atoms with Crippen LogP contribution in [0.15, 0.2) is 48.5 Å². The van der Waals surface area contributed by atoms with Crippen LogP contribution in [0.25, 0.3) is 0 Å². The summed E-state index contributed by atoms with van der Waals surface area (Å²) < 4.78 is 24.0. The van der Waals surface area contributed by atoms with E-state index in [9.17, 15) is 9.18 Å². The van der Waals surface area contributed by atoms with Gasteiger partial charge in [0.25, 0.3) is 0 Å². The molecule has 0 aliphatic carbocycles. The minimum absolute atomic E-state index is 0.159. The molecule has 0 N–H and O–H groups in total. The minimum atomic E-state index is -0.265. The Hall–Kier alpha value is -2.60. The Kier molecular flexibility index (Phi) is 7.25. The number of carbonyl (C=O) groups excluding carboxylic acids is 1. The van der Waals surface area contributed by atoms with Gasteiger partial charge in [-0.2, -0.15) is 0 Å². The molecule has 2 aromatic rings. The number of ether oxygens (including phenoxy) is 2. The van der Waals surface area contributed by atoms with Crippen molar-refractivity contribution in [2.24, 2.45) is 0 Å². The molecule has 1 heterocycles. The summed E-state index contributed by atoms with van der Waals surface area (Å²) in [5.41, 5.74) is 1.00. The molecule has 1 saturated heterocycles. The lowest BCUT2D eigenvalue weighted by Gasteiger charge is -2.34. The first-order chi connectivity index (χ1) is 13.6. The predicted molar refractivity (Wildman–Crippen MR) is 106 cm³/mol. The third kappa shape index (κ3) is 5.96. The van der Waals surface area contributed by atoms with Crippen molar-refractivity contribution in [2.75, 3.05) is 45.9 Å². The SMILES string of the molecule is CCOc1ccc(CC(=O)N2CCN(CCOc3ccc(F)cc3)CC2)cc1. The summed E-state index contributed by atoms with van der Waals surface area (Å²) in [7, 11) is 0. The molecule has 150 valence electrons. The quantitative estimate of drug-likeness (QED) is 0.700. The molecule has 1 aliphatic rings. The van der Waals surface area contributed by atoms with Crippen LogP contribution < -0.4 is 9.47 Å². The maximum absolute atomic E-state index is 12.9. The molecule has 2 aromatic carbocycles. The van der Waals surface area contributed by atoms with Crippen LogP contribution in [0.5, 0.6) is 11.5 Å². The molecule has 0 atom stereocenters. The summed E-state index contributed by atoms with van der Waals surface area (Å²) in [6.07, 6.45) is 0.417. The number of benzene rings is 2. The lowest BCUT2D eigenvalue weighted by molar-refractivity contribution is -0.132. The second-order valence-corrected chi connectivity index (χ2v) is 6.78. The first kappa shape index (κ1) is 20.1. The standard InChI is InChI=1S/C22H27FN2O3/c1-2-27-20-7-3-18(4-8-20)17-22(26)25-13-11-24(12-14-25)15-16-28-21-9-5-19(23)6-10-21/h3-10H,2,11-17H2,1H3. The monoisotopic (exact) mass is 386 g/mol. The molecular weight excluding hydrogens is 359 g/mol. The number of hydrogen-bond donors (Lipinski definition) is 0. The van der Waals surface area contributed by atoms with E-state index in [0.29, 0.717) is 25.4 Å². The first-order valence-corrected chi connectivity index (χ1v) is 9.74. The highest BCUT2D eigenvalue weighted by Gasteiger charge is 2.21. The average Bonchev–Trinajstić information content (AvgIpc) is 2.72. The number of hydrogen-bond acceptors (Lipinski definition) is 4. The van der Waals surface area contributed by atoms with E-state index in [1.165, 1.54) is 12.1 Å². The smallest absolute Gasteiger partial charge is 0.227 e. The fourth-order valence-electron chi connectivity index (χ4n) is 3.20. The summed E-state index contributed by atoms with van der Waals surface area (Å²) in [4.78, 5) is 16.7. The van der Waals surface area contributed by atoms with Crippen molar-refractivity contribution in [3.63, 3.8) is 0 Å². The maximum atomic E-state index is 12.9. The third-order valence-electron chi connectivity index (χ3n) is 4.80. The molecule has 0 unspecified atom stereocenters. The van der Waals surface area contributed by atoms with Gasteiger partial charge in [-0.15, -0.1) is 0 Å². The van der Waals surface area contributed by atoms with Crippen LogP contribution in [0.1, 0.15) is 12.5 Å². The number of nitrogens with zero attached hydrogens (tertiary/aromatic N) is 2. The van der Waals surface area contributed by atoms with E-state index in [1.54, 1.807) is 12.1 Å². The zero-order valence-corrected chi connectivity index (χ0v) is 16.3. The van der Waals surface area contributed by atoms with Gasteiger partial charge in [0, 0.05) is 32.7 Å². The van der Waals surface area contributed by atoms with Gasteiger partial charge in [-0.25, -0.2) is 4.39 Å². The van der Waals surface area contributed by atoms with Gasteiger partial charge in [0.15, 0.2) is 0 Å². The Labute approximate surface area is 165 Å². The second kappa shape index (κ2) is 10.1. The molecule has 5 nitrogen and oxygen atoms in total. The molecular formula is C22H27FN2O3. The van der Waals surface area contributed by atoms with Crippen molar-refractivity contribution >= 4 is 5.91 Å². The van der Waals surface area contributed by atoms with E-state index >= 15 is 0 Å². The summed E-state index contributed by atoms with van der Waals surface area (Å²) in [6, 6.07) is 13.8. The molecule has 1 fully saturated rings. The van der Waals surface area contributed by atoms with Gasteiger partial charge in [-0.1, -0.05) is 12.1 Å². The fraction of sp³-hybridized carbons (Fsp3) is 0.409. The normalized spacial score (nSPS) is 14.7. The molecule has 0 radical (unpaired) electrons. The number of rotatable bonds is 8. The molecule has 0 aromatic heterocycles. The van der Waals surface area contributed by atoms with E-state index in [0.717, 1.165) is 44.0 Å². The maximum Gasteiger partial charge on any atom is 0.227 e. The Bertz CT molecular complexity index is 741. The Morgan fingerprint density at radius 3 is 2.18 bits per heavy atom. The Morgan fingerprint density at radius 1 is 0.929 bits per heavy atom. The first-order valence-electron chi connectivity index (χ1n) is 9.74. The average molecular weight is 386 g/mol. The topological polar surface area (TPSA) is 42.0 Å². The molecule has 0 spiro atoms. The molecule has 0 saturated carbocycles. The van der Waals surface area contributed by atoms with Gasteiger partial charge < -0.3 is 14.4 Å². The highest BCUT2D eigenvalue weighted by atomic mass is 19.1. The van der Waals surface area contributed by atoms with Crippen LogP contribution in [0, 0.1) is 5.82 Å². The van der Waals surface area contributed by atoms with Crippen molar-refractivity contribution in [1.82, 2.24) is 9.80 Å². The second-order valence-electron chi connectivity index (χ2n) is 6.78. The number of halogens is 1. The van der Waals surface area contributed by atoms with Gasteiger partial charge in [0.2, 0.25) is 5.91 Å². The van der Waals surface area contributed by atoms with Gasteiger partial charge in [-0.05, 0) is 48.9 Å². The summed E-state index contributed by atoms with van der Waals surface area (Å²) >= 11 is 0. The predicted octanol–water partition coefficient (Wildman–Crippen LogP) is 2.99. The van der Waals surface area contributed by atoms with E-state index in [2.05, 4.69) is 4.90 Å². The largest absolute Gasteiger partial charge is 0.494 e. The van der Waals surface area contributed by atoms with E-state index < -0.39 is 0 Å². The van der Waals surface area contributed by atoms with Crippen LogP contribution in [-0.4, -0.2) is 61.6 Å². The van der Waals surface area contributed by atoms with Crippen molar-refractivity contribution in [3.8, 4) is 11.5 Å². The number of amides is 1. The van der Waals surface area contributed by atoms with Crippen LogP contribution >= 0.6 is 0 Å². The van der Waals surface area contributed by atoms with Crippen molar-refractivity contribution in [2.45, 2.75) is 13.3 Å². The Morgan fingerprint density at radius 2 is 1.54 bits per heavy atom. The van der Waals surface area contributed by atoms with Crippen LogP contribution in [0.2, 0.25) is 0 Å². The van der Waals surface area contributed by atoms with E-state index in [1.807, 2.05) is 36.1 Å². The zero-order chi connectivity index (χ0) is 19.8.